The van der Waals surface area contributed by atoms with Gasteiger partial charge >= 0.3 is 0 Å². The van der Waals surface area contributed by atoms with E-state index in [9.17, 15) is 0 Å². The van der Waals surface area contributed by atoms with Crippen LogP contribution in [-0.2, 0) is 6.42 Å². The predicted octanol–water partition coefficient (Wildman–Crippen LogP) is 3.49. The van der Waals surface area contributed by atoms with Crippen molar-refractivity contribution in [3.8, 4) is 0 Å². The average Bonchev–Trinajstić information content (AvgIpc) is 3.09. The van der Waals surface area contributed by atoms with Crippen LogP contribution in [0.1, 0.15) is 35.5 Å². The van der Waals surface area contributed by atoms with E-state index in [0.29, 0.717) is 6.04 Å². The van der Waals surface area contributed by atoms with E-state index in [2.05, 4.69) is 61.8 Å². The Bertz CT molecular complexity index is 881. The highest BCUT2D eigenvalue weighted by Crippen LogP contribution is 2.20. The maximum absolute atomic E-state index is 4.75. The maximum atomic E-state index is 4.75. The molecule has 140 valence electrons. The van der Waals surface area contributed by atoms with Gasteiger partial charge in [0.25, 0.3) is 0 Å². The van der Waals surface area contributed by atoms with Crippen molar-refractivity contribution >= 4 is 11.8 Å². The fourth-order valence-electron chi connectivity index (χ4n) is 3.59. The van der Waals surface area contributed by atoms with Crippen molar-refractivity contribution in [1.29, 1.82) is 0 Å². The van der Waals surface area contributed by atoms with E-state index in [0.717, 1.165) is 61.2 Å². The van der Waals surface area contributed by atoms with Gasteiger partial charge in [0.2, 0.25) is 5.95 Å². The Morgan fingerprint density at radius 1 is 1.07 bits per heavy atom. The van der Waals surface area contributed by atoms with Gasteiger partial charge in [-0.05, 0) is 38.3 Å². The molecule has 1 aliphatic heterocycles. The zero-order valence-electron chi connectivity index (χ0n) is 15.9. The number of benzene rings is 1. The standard InChI is InChI=1S/C21H26N6/c1-15-12-19(14-17-6-4-3-5-7-17)24-21(22-15)23-18-8-10-27(11-9-18)20-13-16(2)25-26-20/h3-7,12-13,18H,8-11,14H2,1-2H3,(H,25,26)(H,22,23,24). The first-order chi connectivity index (χ1) is 13.2. The molecule has 0 amide bonds. The number of H-pyrrole nitrogens is 1. The van der Waals surface area contributed by atoms with E-state index in [1.165, 1.54) is 5.56 Å². The summed E-state index contributed by atoms with van der Waals surface area (Å²) in [5.74, 6) is 1.79. The minimum atomic E-state index is 0.396. The number of rotatable bonds is 5. The lowest BCUT2D eigenvalue weighted by molar-refractivity contribution is 0.520. The van der Waals surface area contributed by atoms with E-state index >= 15 is 0 Å². The van der Waals surface area contributed by atoms with Crippen molar-refractivity contribution in [3.63, 3.8) is 0 Å². The van der Waals surface area contributed by atoms with Gasteiger partial charge in [0.15, 0.2) is 5.82 Å². The first-order valence-corrected chi connectivity index (χ1v) is 9.58. The Morgan fingerprint density at radius 2 is 1.85 bits per heavy atom. The van der Waals surface area contributed by atoms with E-state index in [-0.39, 0.29) is 0 Å². The number of aromatic nitrogens is 4. The van der Waals surface area contributed by atoms with Gasteiger partial charge < -0.3 is 10.2 Å². The first-order valence-electron chi connectivity index (χ1n) is 9.58. The summed E-state index contributed by atoms with van der Waals surface area (Å²) in [5, 5.41) is 10.9. The molecule has 0 radical (unpaired) electrons. The lowest BCUT2D eigenvalue weighted by Crippen LogP contribution is -2.39. The topological polar surface area (TPSA) is 69.7 Å². The van der Waals surface area contributed by atoms with Crippen LogP contribution in [0.25, 0.3) is 0 Å². The number of nitrogens with one attached hydrogen (secondary N) is 2. The quantitative estimate of drug-likeness (QED) is 0.727. The summed E-state index contributed by atoms with van der Waals surface area (Å²) in [6.07, 6.45) is 2.93. The minimum absolute atomic E-state index is 0.396. The molecule has 2 aromatic heterocycles. The van der Waals surface area contributed by atoms with Gasteiger partial charge in [-0.15, -0.1) is 0 Å². The fraction of sp³-hybridized carbons (Fsp3) is 0.381. The van der Waals surface area contributed by atoms with E-state index in [1.807, 2.05) is 19.9 Å². The highest BCUT2D eigenvalue weighted by molar-refractivity contribution is 5.40. The second-order valence-corrected chi connectivity index (χ2v) is 7.30. The second-order valence-electron chi connectivity index (χ2n) is 7.30. The van der Waals surface area contributed by atoms with Crippen molar-refractivity contribution in [2.45, 2.75) is 39.2 Å². The third-order valence-corrected chi connectivity index (χ3v) is 4.98. The van der Waals surface area contributed by atoms with Gasteiger partial charge in [0.1, 0.15) is 0 Å². The van der Waals surface area contributed by atoms with Crippen molar-refractivity contribution in [1.82, 2.24) is 20.2 Å². The molecule has 0 atom stereocenters. The van der Waals surface area contributed by atoms with Gasteiger partial charge in [-0.3, -0.25) is 5.10 Å². The monoisotopic (exact) mass is 362 g/mol. The van der Waals surface area contributed by atoms with Crippen LogP contribution in [0.3, 0.4) is 0 Å². The summed E-state index contributed by atoms with van der Waals surface area (Å²) >= 11 is 0. The zero-order valence-corrected chi connectivity index (χ0v) is 15.9. The molecular weight excluding hydrogens is 336 g/mol. The molecule has 1 aromatic carbocycles. The number of hydrogen-bond acceptors (Lipinski definition) is 5. The molecule has 3 aromatic rings. The molecule has 3 heterocycles. The van der Waals surface area contributed by atoms with Crippen LogP contribution in [0, 0.1) is 13.8 Å². The highest BCUT2D eigenvalue weighted by Gasteiger charge is 2.21. The molecule has 4 rings (SSSR count). The molecule has 0 aliphatic carbocycles. The molecule has 27 heavy (non-hydrogen) atoms. The molecule has 1 saturated heterocycles. The third kappa shape index (κ3) is 4.45. The summed E-state index contributed by atoms with van der Waals surface area (Å²) in [5.41, 5.74) is 4.43. The number of aryl methyl sites for hydroxylation is 2. The van der Waals surface area contributed by atoms with Crippen LogP contribution in [0.15, 0.2) is 42.5 Å². The van der Waals surface area contributed by atoms with Crippen LogP contribution in [0.4, 0.5) is 11.8 Å². The zero-order chi connectivity index (χ0) is 18.6. The molecule has 0 bridgehead atoms. The lowest BCUT2D eigenvalue weighted by Gasteiger charge is -2.32. The van der Waals surface area contributed by atoms with Crippen LogP contribution in [0.5, 0.6) is 0 Å². The van der Waals surface area contributed by atoms with Crippen molar-refractivity contribution in [2.24, 2.45) is 0 Å². The SMILES string of the molecule is Cc1cc(Cc2ccccc2)nc(NC2CCN(c3cc(C)[nH]n3)CC2)n1. The number of anilines is 2. The number of piperidine rings is 1. The summed E-state index contributed by atoms with van der Waals surface area (Å²) in [6, 6.07) is 15.0. The molecule has 0 saturated carbocycles. The Morgan fingerprint density at radius 3 is 2.56 bits per heavy atom. The molecular formula is C21H26N6. The summed E-state index contributed by atoms with van der Waals surface area (Å²) in [4.78, 5) is 11.7. The van der Waals surface area contributed by atoms with Gasteiger partial charge in [-0.2, -0.15) is 5.10 Å². The van der Waals surface area contributed by atoms with Crippen LogP contribution >= 0.6 is 0 Å². The summed E-state index contributed by atoms with van der Waals surface area (Å²) in [6.45, 7) is 6.05. The van der Waals surface area contributed by atoms with Gasteiger partial charge in [-0.1, -0.05) is 30.3 Å². The largest absolute Gasteiger partial charge is 0.355 e. The molecule has 6 heteroatoms. The Balaban J connectivity index is 1.38. The van der Waals surface area contributed by atoms with Gasteiger partial charge in [-0.25, -0.2) is 9.97 Å². The minimum Gasteiger partial charge on any atom is -0.355 e. The van der Waals surface area contributed by atoms with E-state index in [1.54, 1.807) is 0 Å². The second kappa shape index (κ2) is 7.78. The van der Waals surface area contributed by atoms with E-state index in [4.69, 9.17) is 4.98 Å². The first kappa shape index (κ1) is 17.5. The smallest absolute Gasteiger partial charge is 0.223 e. The number of nitrogens with zero attached hydrogens (tertiary/aromatic N) is 4. The van der Waals surface area contributed by atoms with Crippen molar-refractivity contribution < 1.29 is 0 Å². The average molecular weight is 362 g/mol. The molecule has 1 aliphatic rings. The normalized spacial score (nSPS) is 15.1. The van der Waals surface area contributed by atoms with E-state index < -0.39 is 0 Å². The van der Waals surface area contributed by atoms with Gasteiger partial charge in [0, 0.05) is 43.0 Å². The molecule has 2 N–H and O–H groups in total. The lowest BCUT2D eigenvalue weighted by atomic mass is 10.1. The fourth-order valence-corrected chi connectivity index (χ4v) is 3.59. The molecule has 0 unspecified atom stereocenters. The highest BCUT2D eigenvalue weighted by atomic mass is 15.3. The van der Waals surface area contributed by atoms with Gasteiger partial charge in [0.05, 0.1) is 5.69 Å². The Hall–Kier alpha value is -2.89. The van der Waals surface area contributed by atoms with Crippen molar-refractivity contribution in [3.05, 3.63) is 65.1 Å². The maximum Gasteiger partial charge on any atom is 0.223 e. The number of hydrogen-bond donors (Lipinski definition) is 2. The van der Waals surface area contributed by atoms with Crippen LogP contribution in [-0.4, -0.2) is 39.3 Å². The Labute approximate surface area is 160 Å². The van der Waals surface area contributed by atoms with Crippen LogP contribution < -0.4 is 10.2 Å². The summed E-state index contributed by atoms with van der Waals surface area (Å²) < 4.78 is 0. The number of aromatic amines is 1. The third-order valence-electron chi connectivity index (χ3n) is 4.98. The Kier molecular flexibility index (Phi) is 5.05. The molecule has 0 spiro atoms. The van der Waals surface area contributed by atoms with Crippen LogP contribution in [0.2, 0.25) is 0 Å². The molecule has 1 fully saturated rings. The molecule has 6 nitrogen and oxygen atoms in total. The van der Waals surface area contributed by atoms with Crippen molar-refractivity contribution in [2.75, 3.05) is 23.3 Å². The predicted molar refractivity (Wildman–Crippen MR) is 108 cm³/mol. The summed E-state index contributed by atoms with van der Waals surface area (Å²) in [7, 11) is 0.